The maximum Gasteiger partial charge on any atom is 0.179 e. The highest BCUT2D eigenvalue weighted by molar-refractivity contribution is 8.08. The van der Waals surface area contributed by atoms with Crippen molar-refractivity contribution in [2.45, 2.75) is 29.6 Å². The predicted octanol–water partition coefficient (Wildman–Crippen LogP) is 3.77. The highest BCUT2D eigenvalue weighted by atomic mass is 32.2. The molecule has 98 valence electrons. The van der Waals surface area contributed by atoms with Crippen molar-refractivity contribution in [2.75, 3.05) is 5.75 Å². The van der Waals surface area contributed by atoms with Gasteiger partial charge in [-0.2, -0.15) is 11.8 Å². The van der Waals surface area contributed by atoms with Gasteiger partial charge in [-0.1, -0.05) is 19.9 Å². The zero-order valence-corrected chi connectivity index (χ0v) is 11.8. The zero-order chi connectivity index (χ0) is 13.3. The van der Waals surface area contributed by atoms with E-state index in [1.54, 1.807) is 23.5 Å². The molecule has 18 heavy (non-hydrogen) atoms. The molecule has 1 aliphatic rings. The summed E-state index contributed by atoms with van der Waals surface area (Å²) in [4.78, 5) is 12.2. The Morgan fingerprint density at radius 3 is 2.67 bits per heavy atom. The standard InChI is InChI=1S/C13H14F2OS2/c1-7-8(2)18-11(6-17-7)13(16)9-4-3-5-10(14)12(9)15/h3-5,7-8,11H,6H2,1-2H3. The monoisotopic (exact) mass is 288 g/mol. The number of thioether (sulfide) groups is 2. The van der Waals surface area contributed by atoms with Crippen LogP contribution in [0, 0.1) is 11.6 Å². The van der Waals surface area contributed by atoms with E-state index in [9.17, 15) is 13.6 Å². The Morgan fingerprint density at radius 2 is 2.00 bits per heavy atom. The molecule has 3 unspecified atom stereocenters. The minimum atomic E-state index is -1.03. The summed E-state index contributed by atoms with van der Waals surface area (Å²) in [6, 6.07) is 3.76. The van der Waals surface area contributed by atoms with Crippen LogP contribution < -0.4 is 0 Å². The first-order chi connectivity index (χ1) is 8.50. The van der Waals surface area contributed by atoms with Gasteiger partial charge < -0.3 is 0 Å². The molecule has 0 radical (unpaired) electrons. The van der Waals surface area contributed by atoms with E-state index < -0.39 is 11.6 Å². The maximum absolute atomic E-state index is 13.6. The molecule has 0 amide bonds. The first-order valence-electron chi connectivity index (χ1n) is 5.76. The van der Waals surface area contributed by atoms with Crippen molar-refractivity contribution in [3.63, 3.8) is 0 Å². The van der Waals surface area contributed by atoms with Crippen molar-refractivity contribution in [2.24, 2.45) is 0 Å². The number of hydrogen-bond donors (Lipinski definition) is 0. The summed E-state index contributed by atoms with van der Waals surface area (Å²) in [5, 5.41) is 0.545. The first kappa shape index (κ1) is 13.9. The molecular weight excluding hydrogens is 274 g/mol. The van der Waals surface area contributed by atoms with Crippen molar-refractivity contribution < 1.29 is 13.6 Å². The molecule has 0 bridgehead atoms. The van der Waals surface area contributed by atoms with Gasteiger partial charge in [-0.15, -0.1) is 11.8 Å². The Labute approximate surface area is 114 Å². The van der Waals surface area contributed by atoms with Crippen LogP contribution in [-0.4, -0.2) is 27.3 Å². The smallest absolute Gasteiger partial charge is 0.179 e. The molecule has 5 heteroatoms. The topological polar surface area (TPSA) is 17.1 Å². The lowest BCUT2D eigenvalue weighted by Crippen LogP contribution is -2.32. The van der Waals surface area contributed by atoms with Crippen LogP contribution >= 0.6 is 23.5 Å². The van der Waals surface area contributed by atoms with Crippen LogP contribution in [0.1, 0.15) is 24.2 Å². The minimum Gasteiger partial charge on any atom is -0.293 e. The van der Waals surface area contributed by atoms with Gasteiger partial charge >= 0.3 is 0 Å². The lowest BCUT2D eigenvalue weighted by atomic mass is 10.1. The number of ketones is 1. The lowest BCUT2D eigenvalue weighted by molar-refractivity contribution is 0.0990. The van der Waals surface area contributed by atoms with Crippen molar-refractivity contribution in [3.05, 3.63) is 35.4 Å². The number of hydrogen-bond acceptors (Lipinski definition) is 3. The Bertz CT molecular complexity index is 464. The molecule has 0 aromatic heterocycles. The molecule has 1 aromatic rings. The normalized spacial score (nSPS) is 28.1. The van der Waals surface area contributed by atoms with E-state index in [1.165, 1.54) is 12.1 Å². The van der Waals surface area contributed by atoms with Crippen LogP contribution in [0.15, 0.2) is 18.2 Å². The SMILES string of the molecule is CC1SCC(C(=O)c2cccc(F)c2F)SC1C. The van der Waals surface area contributed by atoms with Crippen molar-refractivity contribution in [3.8, 4) is 0 Å². The molecule has 1 saturated heterocycles. The molecule has 1 aliphatic heterocycles. The minimum absolute atomic E-state index is 0.130. The van der Waals surface area contributed by atoms with Gasteiger partial charge in [0.25, 0.3) is 0 Å². The Balaban J connectivity index is 2.19. The average Bonchev–Trinajstić information content (AvgIpc) is 2.35. The molecule has 0 spiro atoms. The van der Waals surface area contributed by atoms with Crippen LogP contribution in [-0.2, 0) is 0 Å². The van der Waals surface area contributed by atoms with Crippen LogP contribution in [0.5, 0.6) is 0 Å². The summed E-state index contributed by atoms with van der Waals surface area (Å²) < 4.78 is 26.7. The quantitative estimate of drug-likeness (QED) is 0.771. The van der Waals surface area contributed by atoms with E-state index in [-0.39, 0.29) is 16.6 Å². The number of halogens is 2. The van der Waals surface area contributed by atoms with Gasteiger partial charge in [-0.3, -0.25) is 4.79 Å². The van der Waals surface area contributed by atoms with Gasteiger partial charge in [0, 0.05) is 16.3 Å². The summed E-state index contributed by atoms with van der Waals surface area (Å²) in [5.74, 6) is -1.64. The van der Waals surface area contributed by atoms with Gasteiger partial charge in [0.1, 0.15) is 0 Å². The molecule has 0 N–H and O–H groups in total. The van der Waals surface area contributed by atoms with E-state index >= 15 is 0 Å². The Hall–Kier alpha value is -0.550. The maximum atomic E-state index is 13.6. The van der Waals surface area contributed by atoms with E-state index in [4.69, 9.17) is 0 Å². The Morgan fingerprint density at radius 1 is 1.28 bits per heavy atom. The second-order valence-electron chi connectivity index (χ2n) is 4.33. The third-order valence-corrected chi connectivity index (χ3v) is 6.45. The third-order valence-electron chi connectivity index (χ3n) is 3.06. The van der Waals surface area contributed by atoms with Crippen LogP contribution in [0.25, 0.3) is 0 Å². The van der Waals surface area contributed by atoms with Gasteiger partial charge in [0.2, 0.25) is 0 Å². The van der Waals surface area contributed by atoms with E-state index in [0.29, 0.717) is 16.3 Å². The fraction of sp³-hybridized carbons (Fsp3) is 0.462. The molecule has 2 rings (SSSR count). The first-order valence-corrected chi connectivity index (χ1v) is 7.75. The molecule has 1 aromatic carbocycles. The molecule has 0 saturated carbocycles. The van der Waals surface area contributed by atoms with Gasteiger partial charge in [-0.05, 0) is 12.1 Å². The fourth-order valence-corrected chi connectivity index (χ4v) is 4.66. The number of carbonyl (C=O) groups excluding carboxylic acids is 1. The van der Waals surface area contributed by atoms with E-state index in [0.717, 1.165) is 6.07 Å². The van der Waals surface area contributed by atoms with E-state index in [2.05, 4.69) is 13.8 Å². The summed E-state index contributed by atoms with van der Waals surface area (Å²) in [5.41, 5.74) is -0.130. The zero-order valence-electron chi connectivity index (χ0n) is 10.2. The Kier molecular flexibility index (Phi) is 4.33. The molecular formula is C13H14F2OS2. The number of benzene rings is 1. The highest BCUT2D eigenvalue weighted by Gasteiger charge is 2.32. The summed E-state index contributed by atoms with van der Waals surface area (Å²) in [6.07, 6.45) is 0. The van der Waals surface area contributed by atoms with Crippen molar-refractivity contribution in [1.82, 2.24) is 0 Å². The number of rotatable bonds is 2. The molecule has 0 aliphatic carbocycles. The van der Waals surface area contributed by atoms with Crippen LogP contribution in [0.2, 0.25) is 0 Å². The second-order valence-corrected chi connectivity index (χ2v) is 7.33. The van der Waals surface area contributed by atoms with Crippen molar-refractivity contribution in [1.29, 1.82) is 0 Å². The van der Waals surface area contributed by atoms with Crippen LogP contribution in [0.4, 0.5) is 8.78 Å². The summed E-state index contributed by atoms with van der Waals surface area (Å²) in [7, 11) is 0. The lowest BCUT2D eigenvalue weighted by Gasteiger charge is -2.30. The summed E-state index contributed by atoms with van der Waals surface area (Å²) in [6.45, 7) is 4.18. The fourth-order valence-electron chi connectivity index (χ4n) is 1.79. The second kappa shape index (κ2) is 5.61. The third kappa shape index (κ3) is 2.72. The van der Waals surface area contributed by atoms with Gasteiger partial charge in [0.15, 0.2) is 17.4 Å². The molecule has 3 atom stereocenters. The van der Waals surface area contributed by atoms with Gasteiger partial charge in [0.05, 0.1) is 10.8 Å². The molecule has 1 heterocycles. The number of Topliss-reactive ketones (excluding diaryl/α,β-unsaturated/α-hetero) is 1. The number of carbonyl (C=O) groups is 1. The van der Waals surface area contributed by atoms with Gasteiger partial charge in [-0.25, -0.2) is 8.78 Å². The van der Waals surface area contributed by atoms with Crippen LogP contribution in [0.3, 0.4) is 0 Å². The summed E-state index contributed by atoms with van der Waals surface area (Å²) >= 11 is 3.26. The molecule has 1 nitrogen and oxygen atoms in total. The van der Waals surface area contributed by atoms with E-state index in [1.807, 2.05) is 0 Å². The molecule has 1 fully saturated rings. The largest absolute Gasteiger partial charge is 0.293 e. The predicted molar refractivity (Wildman–Crippen MR) is 73.4 cm³/mol. The average molecular weight is 288 g/mol. The van der Waals surface area contributed by atoms with Crippen molar-refractivity contribution >= 4 is 29.3 Å². The highest BCUT2D eigenvalue weighted by Crippen LogP contribution is 2.37.